The molecule has 0 aromatic carbocycles. The fourth-order valence-corrected chi connectivity index (χ4v) is 5.79. The van der Waals surface area contributed by atoms with E-state index in [9.17, 15) is 9.59 Å². The number of carbonyl (C=O) groups excluding carboxylic acids is 2. The third-order valence-corrected chi connectivity index (χ3v) is 7.42. The summed E-state index contributed by atoms with van der Waals surface area (Å²) in [5, 5.41) is 1.30. The van der Waals surface area contributed by atoms with Crippen LogP contribution in [0.3, 0.4) is 0 Å². The lowest BCUT2D eigenvalue weighted by molar-refractivity contribution is -0.140. The molecule has 140 valence electrons. The zero-order valence-corrected chi connectivity index (χ0v) is 16.1. The highest BCUT2D eigenvalue weighted by Gasteiger charge is 2.33. The van der Waals surface area contributed by atoms with Gasteiger partial charge in [0.05, 0.1) is 10.7 Å². The molecular formula is C20H27N3O2S. The third kappa shape index (κ3) is 3.43. The van der Waals surface area contributed by atoms with Gasteiger partial charge in [-0.3, -0.25) is 9.59 Å². The summed E-state index contributed by atoms with van der Waals surface area (Å²) in [6, 6.07) is 0. The fourth-order valence-electron chi connectivity index (χ4n) is 4.47. The number of rotatable bonds is 3. The maximum atomic E-state index is 12.8. The molecule has 26 heavy (non-hydrogen) atoms. The highest BCUT2D eigenvalue weighted by molar-refractivity contribution is 7.11. The number of likely N-dealkylation sites (tertiary alicyclic amines) is 2. The number of carbonyl (C=O) groups is 2. The summed E-state index contributed by atoms with van der Waals surface area (Å²) >= 11 is 1.91. The van der Waals surface area contributed by atoms with Crippen LogP contribution in [0, 0.1) is 5.92 Å². The van der Waals surface area contributed by atoms with Gasteiger partial charge in [-0.25, -0.2) is 4.98 Å². The standard InChI is InChI=1S/C20H27N3O2S/c1-2-18(24)22-10-8-15(9-11-22)20(25)23-12-6-14(7-13-23)19-21-16-4-3-5-17(16)26-19/h2,14-15H,1,3-13H2. The van der Waals surface area contributed by atoms with Crippen LogP contribution < -0.4 is 0 Å². The second-order valence-corrected chi connectivity index (χ2v) is 8.79. The predicted molar refractivity (Wildman–Crippen MR) is 102 cm³/mol. The molecule has 2 amide bonds. The first-order chi connectivity index (χ1) is 12.7. The number of amides is 2. The Labute approximate surface area is 159 Å². The van der Waals surface area contributed by atoms with Crippen molar-refractivity contribution in [1.82, 2.24) is 14.8 Å². The maximum Gasteiger partial charge on any atom is 0.245 e. The molecular weight excluding hydrogens is 346 g/mol. The second-order valence-electron chi connectivity index (χ2n) is 7.68. The van der Waals surface area contributed by atoms with Gasteiger partial charge in [0, 0.05) is 42.9 Å². The van der Waals surface area contributed by atoms with Crippen LogP contribution in [0.4, 0.5) is 0 Å². The van der Waals surface area contributed by atoms with Crippen molar-refractivity contribution in [2.75, 3.05) is 26.2 Å². The van der Waals surface area contributed by atoms with E-state index in [1.165, 1.54) is 34.5 Å². The van der Waals surface area contributed by atoms with Crippen LogP contribution in [0.1, 0.15) is 53.6 Å². The normalized spacial score (nSPS) is 21.7. The van der Waals surface area contributed by atoms with Gasteiger partial charge in [-0.05, 0) is 51.0 Å². The summed E-state index contributed by atoms with van der Waals surface area (Å²) < 4.78 is 0. The molecule has 4 rings (SSSR count). The molecule has 0 N–H and O–H groups in total. The van der Waals surface area contributed by atoms with Crippen molar-refractivity contribution in [3.63, 3.8) is 0 Å². The molecule has 0 unspecified atom stereocenters. The van der Waals surface area contributed by atoms with Crippen molar-refractivity contribution < 1.29 is 9.59 Å². The third-order valence-electron chi connectivity index (χ3n) is 6.10. The zero-order chi connectivity index (χ0) is 18.1. The SMILES string of the molecule is C=CC(=O)N1CCC(C(=O)N2CCC(c3nc4c(s3)CCC4)CC2)CC1. The highest BCUT2D eigenvalue weighted by atomic mass is 32.1. The maximum absolute atomic E-state index is 12.8. The van der Waals surface area contributed by atoms with E-state index < -0.39 is 0 Å². The molecule has 2 aliphatic heterocycles. The number of fused-ring (bicyclic) bond motifs is 1. The van der Waals surface area contributed by atoms with E-state index in [2.05, 4.69) is 6.58 Å². The monoisotopic (exact) mass is 373 g/mol. The minimum Gasteiger partial charge on any atom is -0.342 e. The van der Waals surface area contributed by atoms with Crippen molar-refractivity contribution in [2.45, 2.75) is 50.9 Å². The van der Waals surface area contributed by atoms with Gasteiger partial charge in [0.1, 0.15) is 0 Å². The molecule has 3 heterocycles. The minimum atomic E-state index is -0.0212. The molecule has 0 radical (unpaired) electrons. The Morgan fingerprint density at radius 1 is 1.04 bits per heavy atom. The van der Waals surface area contributed by atoms with Crippen molar-refractivity contribution in [3.05, 3.63) is 28.2 Å². The number of aryl methyl sites for hydroxylation is 2. The van der Waals surface area contributed by atoms with Crippen molar-refractivity contribution in [3.8, 4) is 0 Å². The molecule has 0 saturated carbocycles. The van der Waals surface area contributed by atoms with E-state index >= 15 is 0 Å². The molecule has 5 nitrogen and oxygen atoms in total. The van der Waals surface area contributed by atoms with Gasteiger partial charge in [-0.1, -0.05) is 6.58 Å². The van der Waals surface area contributed by atoms with E-state index in [4.69, 9.17) is 4.98 Å². The van der Waals surface area contributed by atoms with Crippen LogP contribution >= 0.6 is 11.3 Å². The van der Waals surface area contributed by atoms with Gasteiger partial charge < -0.3 is 9.80 Å². The molecule has 0 spiro atoms. The Morgan fingerprint density at radius 3 is 2.38 bits per heavy atom. The fraction of sp³-hybridized carbons (Fsp3) is 0.650. The lowest BCUT2D eigenvalue weighted by Crippen LogP contribution is -2.46. The Bertz CT molecular complexity index is 676. The van der Waals surface area contributed by atoms with Crippen LogP contribution in [-0.4, -0.2) is 52.8 Å². The largest absolute Gasteiger partial charge is 0.342 e. The van der Waals surface area contributed by atoms with Gasteiger partial charge in [-0.2, -0.15) is 0 Å². The number of hydrogen-bond acceptors (Lipinski definition) is 4. The smallest absolute Gasteiger partial charge is 0.245 e. The lowest BCUT2D eigenvalue weighted by Gasteiger charge is -2.36. The van der Waals surface area contributed by atoms with Crippen LogP contribution in [0.15, 0.2) is 12.7 Å². The summed E-state index contributed by atoms with van der Waals surface area (Å²) in [6.45, 7) is 6.57. The number of aromatic nitrogens is 1. The Balaban J connectivity index is 1.28. The molecule has 3 aliphatic rings. The van der Waals surface area contributed by atoms with Crippen molar-refractivity contribution >= 4 is 23.2 Å². The van der Waals surface area contributed by atoms with E-state index in [0.717, 1.165) is 45.2 Å². The molecule has 6 heteroatoms. The predicted octanol–water partition coefficient (Wildman–Crippen LogP) is 2.76. The average Bonchev–Trinajstić information content (AvgIpc) is 3.29. The summed E-state index contributed by atoms with van der Waals surface area (Å²) in [5.74, 6) is 0.869. The summed E-state index contributed by atoms with van der Waals surface area (Å²) in [7, 11) is 0. The minimum absolute atomic E-state index is 0.0212. The summed E-state index contributed by atoms with van der Waals surface area (Å²) in [4.78, 5) is 34.7. The van der Waals surface area contributed by atoms with E-state index in [1.54, 1.807) is 4.90 Å². The molecule has 2 fully saturated rings. The zero-order valence-electron chi connectivity index (χ0n) is 15.3. The van der Waals surface area contributed by atoms with Crippen molar-refractivity contribution in [1.29, 1.82) is 0 Å². The Kier molecular flexibility index (Phi) is 5.11. The first kappa shape index (κ1) is 17.7. The highest BCUT2D eigenvalue weighted by Crippen LogP contribution is 2.36. The number of nitrogens with zero attached hydrogens (tertiary/aromatic N) is 3. The molecule has 0 atom stereocenters. The van der Waals surface area contributed by atoms with Crippen molar-refractivity contribution in [2.24, 2.45) is 5.92 Å². The molecule has 1 aliphatic carbocycles. The molecule has 1 aromatic rings. The summed E-state index contributed by atoms with van der Waals surface area (Å²) in [5.41, 5.74) is 1.34. The number of thiazole rings is 1. The average molecular weight is 374 g/mol. The lowest BCUT2D eigenvalue weighted by atomic mass is 9.92. The first-order valence-corrected chi connectivity index (χ1v) is 10.7. The van der Waals surface area contributed by atoms with Crippen LogP contribution in [0.5, 0.6) is 0 Å². The van der Waals surface area contributed by atoms with Gasteiger partial charge in [0.2, 0.25) is 11.8 Å². The van der Waals surface area contributed by atoms with Crippen LogP contribution in [-0.2, 0) is 22.4 Å². The summed E-state index contributed by atoms with van der Waals surface area (Å²) in [6.07, 6.45) is 8.60. The van der Waals surface area contributed by atoms with Gasteiger partial charge in [0.25, 0.3) is 0 Å². The quantitative estimate of drug-likeness (QED) is 0.766. The molecule has 2 saturated heterocycles. The van der Waals surface area contributed by atoms with Crippen LogP contribution in [0.25, 0.3) is 0 Å². The van der Waals surface area contributed by atoms with Gasteiger partial charge in [0.15, 0.2) is 0 Å². The Hall–Kier alpha value is -1.69. The van der Waals surface area contributed by atoms with E-state index in [0.29, 0.717) is 19.0 Å². The molecule has 1 aromatic heterocycles. The van der Waals surface area contributed by atoms with E-state index in [-0.39, 0.29) is 17.7 Å². The first-order valence-electron chi connectivity index (χ1n) is 9.84. The topological polar surface area (TPSA) is 53.5 Å². The number of hydrogen-bond donors (Lipinski definition) is 0. The van der Waals surface area contributed by atoms with Gasteiger partial charge in [-0.15, -0.1) is 11.3 Å². The van der Waals surface area contributed by atoms with E-state index in [1.807, 2.05) is 16.2 Å². The second kappa shape index (κ2) is 7.51. The number of piperidine rings is 2. The molecule has 0 bridgehead atoms. The van der Waals surface area contributed by atoms with Crippen LogP contribution in [0.2, 0.25) is 0 Å². The Morgan fingerprint density at radius 2 is 1.73 bits per heavy atom. The van der Waals surface area contributed by atoms with Gasteiger partial charge >= 0.3 is 0 Å².